The lowest BCUT2D eigenvalue weighted by Crippen LogP contribution is -2.36. The van der Waals surface area contributed by atoms with E-state index in [9.17, 15) is 17.6 Å². The van der Waals surface area contributed by atoms with Crippen LogP contribution in [0.25, 0.3) is 0 Å². The van der Waals surface area contributed by atoms with Crippen LogP contribution >= 0.6 is 0 Å². The molecule has 0 heterocycles. The van der Waals surface area contributed by atoms with Gasteiger partial charge < -0.3 is 20.1 Å². The maximum Gasteiger partial charge on any atom is 0.257 e. The average molecular weight is 508 g/mol. The van der Waals surface area contributed by atoms with E-state index in [1.54, 1.807) is 12.1 Å². The van der Waals surface area contributed by atoms with Gasteiger partial charge in [0.25, 0.3) is 5.91 Å². The van der Waals surface area contributed by atoms with Crippen molar-refractivity contribution >= 4 is 15.9 Å². The van der Waals surface area contributed by atoms with E-state index in [0.717, 1.165) is 44.0 Å². The van der Waals surface area contributed by atoms with Crippen molar-refractivity contribution < 1.29 is 27.1 Å². The van der Waals surface area contributed by atoms with E-state index in [1.165, 1.54) is 18.7 Å². The van der Waals surface area contributed by atoms with Gasteiger partial charge in [0.05, 0.1) is 13.4 Å². The molecule has 0 unspecified atom stereocenters. The molecule has 0 saturated heterocycles. The fourth-order valence-corrected chi connectivity index (χ4v) is 4.70. The van der Waals surface area contributed by atoms with Crippen LogP contribution in [-0.2, 0) is 21.2 Å². The Morgan fingerprint density at radius 2 is 1.86 bits per heavy atom. The summed E-state index contributed by atoms with van der Waals surface area (Å²) in [7, 11) is -1.79. The highest BCUT2D eigenvalue weighted by atomic mass is 32.2. The van der Waals surface area contributed by atoms with E-state index >= 15 is 0 Å². The highest BCUT2D eigenvalue weighted by molar-refractivity contribution is 7.88. The standard InChI is InChI=1S/C25H34FN3O5S/c1-33-24-15-18(3-10-23(24)26)11-12-27-21-7-4-20(16-21)19-5-8-22(9-6-19)34-17-25(30)28-13-14-29-35(2,31)32/h3,5-6,8-10,15,20-21,27,29H,4,7,11-14,16-17H2,1-2H3,(H,28,30)/t20-,21+/m1/s1. The number of nitrogens with one attached hydrogen (secondary N) is 3. The summed E-state index contributed by atoms with van der Waals surface area (Å²) in [5.74, 6) is 0.701. The second kappa shape index (κ2) is 12.9. The number of halogens is 1. The van der Waals surface area contributed by atoms with Crippen LogP contribution in [0.1, 0.15) is 36.3 Å². The lowest BCUT2D eigenvalue weighted by atomic mass is 9.97. The number of hydrogen-bond donors (Lipinski definition) is 3. The monoisotopic (exact) mass is 507 g/mol. The molecule has 1 amide bonds. The normalized spacial score (nSPS) is 17.8. The summed E-state index contributed by atoms with van der Waals surface area (Å²) in [6, 6.07) is 13.3. The molecule has 2 aromatic carbocycles. The number of amides is 1. The van der Waals surface area contributed by atoms with Crippen molar-refractivity contribution in [2.45, 2.75) is 37.6 Å². The number of carbonyl (C=O) groups excluding carboxylic acids is 1. The van der Waals surface area contributed by atoms with E-state index in [2.05, 4.69) is 15.4 Å². The van der Waals surface area contributed by atoms with Crippen molar-refractivity contribution in [1.29, 1.82) is 0 Å². The van der Waals surface area contributed by atoms with Crippen LogP contribution in [-0.4, -0.2) is 60.0 Å². The minimum Gasteiger partial charge on any atom is -0.494 e. The molecule has 35 heavy (non-hydrogen) atoms. The summed E-state index contributed by atoms with van der Waals surface area (Å²) < 4.78 is 48.4. The number of methoxy groups -OCH3 is 1. The third-order valence-electron chi connectivity index (χ3n) is 6.03. The van der Waals surface area contributed by atoms with Crippen molar-refractivity contribution in [1.82, 2.24) is 15.4 Å². The first-order chi connectivity index (χ1) is 16.7. The van der Waals surface area contributed by atoms with Gasteiger partial charge in [-0.05, 0) is 73.5 Å². The smallest absolute Gasteiger partial charge is 0.257 e. The molecule has 0 aromatic heterocycles. The van der Waals surface area contributed by atoms with Gasteiger partial charge in [0.1, 0.15) is 5.75 Å². The van der Waals surface area contributed by atoms with Gasteiger partial charge in [-0.3, -0.25) is 4.79 Å². The molecule has 192 valence electrons. The Bertz CT molecular complexity index is 1080. The van der Waals surface area contributed by atoms with Gasteiger partial charge in [0.2, 0.25) is 10.0 Å². The first kappa shape index (κ1) is 26.9. The zero-order valence-electron chi connectivity index (χ0n) is 20.2. The van der Waals surface area contributed by atoms with Gasteiger partial charge in [0, 0.05) is 19.1 Å². The number of rotatable bonds is 13. The molecule has 8 nitrogen and oxygen atoms in total. The van der Waals surface area contributed by atoms with Crippen LogP contribution in [0.15, 0.2) is 42.5 Å². The SMILES string of the molecule is COc1cc(CCN[C@H]2CC[C@@H](c3ccc(OCC(=O)NCCNS(C)(=O)=O)cc3)C2)ccc1F. The number of hydrogen-bond acceptors (Lipinski definition) is 6. The van der Waals surface area contributed by atoms with Crippen molar-refractivity contribution in [2.75, 3.05) is 39.6 Å². The summed E-state index contributed by atoms with van der Waals surface area (Å²) in [5.41, 5.74) is 2.29. The Hall–Kier alpha value is -2.69. The van der Waals surface area contributed by atoms with Crippen molar-refractivity contribution in [3.8, 4) is 11.5 Å². The van der Waals surface area contributed by atoms with Crippen LogP contribution in [0.5, 0.6) is 11.5 Å². The van der Waals surface area contributed by atoms with Gasteiger partial charge >= 0.3 is 0 Å². The summed E-state index contributed by atoms with van der Waals surface area (Å²) in [5, 5.41) is 6.21. The second-order valence-corrected chi connectivity index (χ2v) is 10.6. The van der Waals surface area contributed by atoms with Gasteiger partial charge in [-0.25, -0.2) is 17.5 Å². The third kappa shape index (κ3) is 9.12. The van der Waals surface area contributed by atoms with E-state index < -0.39 is 10.0 Å². The highest BCUT2D eigenvalue weighted by Gasteiger charge is 2.25. The molecule has 3 N–H and O–H groups in total. The van der Waals surface area contributed by atoms with E-state index in [4.69, 9.17) is 9.47 Å². The number of ether oxygens (including phenoxy) is 2. The lowest BCUT2D eigenvalue weighted by molar-refractivity contribution is -0.123. The topological polar surface area (TPSA) is 106 Å². The molecule has 1 saturated carbocycles. The number of sulfonamides is 1. The molecule has 2 aromatic rings. The molecule has 0 radical (unpaired) electrons. The Balaban J connectivity index is 1.36. The Labute approximate surface area is 206 Å². The van der Waals surface area contributed by atoms with Crippen molar-refractivity contribution in [3.63, 3.8) is 0 Å². The van der Waals surface area contributed by atoms with Gasteiger partial charge in [-0.15, -0.1) is 0 Å². The zero-order chi connectivity index (χ0) is 25.3. The van der Waals surface area contributed by atoms with E-state index in [1.807, 2.05) is 24.3 Å². The predicted molar refractivity (Wildman–Crippen MR) is 133 cm³/mol. The lowest BCUT2D eigenvalue weighted by Gasteiger charge is -2.15. The summed E-state index contributed by atoms with van der Waals surface area (Å²) in [6.45, 7) is 1.03. The summed E-state index contributed by atoms with van der Waals surface area (Å²) in [4.78, 5) is 11.8. The quantitative estimate of drug-likeness (QED) is 0.360. The average Bonchev–Trinajstić information content (AvgIpc) is 3.30. The number of carbonyl (C=O) groups is 1. The third-order valence-corrected chi connectivity index (χ3v) is 6.76. The van der Waals surface area contributed by atoms with Crippen LogP contribution in [0.2, 0.25) is 0 Å². The molecule has 1 aliphatic rings. The van der Waals surface area contributed by atoms with Crippen LogP contribution in [0, 0.1) is 5.82 Å². The zero-order valence-corrected chi connectivity index (χ0v) is 21.0. The molecule has 0 spiro atoms. The molecular weight excluding hydrogens is 473 g/mol. The fourth-order valence-electron chi connectivity index (χ4n) is 4.22. The van der Waals surface area contributed by atoms with Crippen LogP contribution in [0.4, 0.5) is 4.39 Å². The molecule has 10 heteroatoms. The summed E-state index contributed by atoms with van der Waals surface area (Å²) in [6.07, 6.45) is 5.14. The molecular formula is C25H34FN3O5S. The van der Waals surface area contributed by atoms with E-state index in [0.29, 0.717) is 17.7 Å². The van der Waals surface area contributed by atoms with Crippen LogP contribution in [0.3, 0.4) is 0 Å². The maximum absolute atomic E-state index is 13.6. The highest BCUT2D eigenvalue weighted by Crippen LogP contribution is 2.35. The maximum atomic E-state index is 13.6. The van der Waals surface area contributed by atoms with Crippen LogP contribution < -0.4 is 24.8 Å². The Kier molecular flexibility index (Phi) is 9.88. The minimum atomic E-state index is -3.26. The van der Waals surface area contributed by atoms with Gasteiger partial charge in [-0.2, -0.15) is 0 Å². The van der Waals surface area contributed by atoms with Crippen molar-refractivity contribution in [3.05, 3.63) is 59.4 Å². The molecule has 2 atom stereocenters. The van der Waals surface area contributed by atoms with Gasteiger partial charge in [0.15, 0.2) is 18.2 Å². The molecule has 3 rings (SSSR count). The Morgan fingerprint density at radius 1 is 1.09 bits per heavy atom. The van der Waals surface area contributed by atoms with E-state index in [-0.39, 0.29) is 37.2 Å². The molecule has 0 bridgehead atoms. The largest absolute Gasteiger partial charge is 0.494 e. The van der Waals surface area contributed by atoms with Crippen molar-refractivity contribution in [2.24, 2.45) is 0 Å². The first-order valence-corrected chi connectivity index (χ1v) is 13.6. The Morgan fingerprint density at radius 3 is 2.57 bits per heavy atom. The molecule has 0 aliphatic heterocycles. The second-order valence-electron chi connectivity index (χ2n) is 8.75. The fraction of sp³-hybridized carbons (Fsp3) is 0.480. The minimum absolute atomic E-state index is 0.131. The molecule has 1 aliphatic carbocycles. The number of benzene rings is 2. The summed E-state index contributed by atoms with van der Waals surface area (Å²) >= 11 is 0. The molecule has 1 fully saturated rings. The first-order valence-electron chi connectivity index (χ1n) is 11.7. The predicted octanol–water partition coefficient (Wildman–Crippen LogP) is 2.35. The van der Waals surface area contributed by atoms with Gasteiger partial charge in [-0.1, -0.05) is 18.2 Å².